The number of benzene rings is 2. The van der Waals surface area contributed by atoms with Crippen LogP contribution in [-0.2, 0) is 9.53 Å². The van der Waals surface area contributed by atoms with Crippen LogP contribution >= 0.6 is 11.6 Å². The van der Waals surface area contributed by atoms with Gasteiger partial charge in [-0.1, -0.05) is 41.9 Å². The van der Waals surface area contributed by atoms with E-state index in [0.29, 0.717) is 35.6 Å². The van der Waals surface area contributed by atoms with Gasteiger partial charge in [-0.05, 0) is 36.1 Å². The van der Waals surface area contributed by atoms with Crippen LogP contribution in [0.15, 0.2) is 48.5 Å². The highest BCUT2D eigenvalue weighted by atomic mass is 35.5. The number of nitrogens with one attached hydrogen (secondary N) is 1. The van der Waals surface area contributed by atoms with E-state index in [1.807, 2.05) is 18.2 Å². The minimum Gasteiger partial charge on any atom is -0.489 e. The molecule has 0 spiro atoms. The molecule has 0 bridgehead atoms. The molecule has 0 radical (unpaired) electrons. The van der Waals surface area contributed by atoms with E-state index in [9.17, 15) is 4.79 Å². The van der Waals surface area contributed by atoms with Crippen LogP contribution in [0.25, 0.3) is 0 Å². The molecule has 1 amide bonds. The van der Waals surface area contributed by atoms with Crippen molar-refractivity contribution in [1.82, 2.24) is 0 Å². The van der Waals surface area contributed by atoms with Gasteiger partial charge >= 0.3 is 0 Å². The Morgan fingerprint density at radius 1 is 1.21 bits per heavy atom. The number of halogens is 1. The molecule has 1 saturated carbocycles. The number of ether oxygens (including phenoxy) is 2. The molecule has 2 atom stereocenters. The maximum atomic E-state index is 12.5. The second kappa shape index (κ2) is 7.69. The van der Waals surface area contributed by atoms with Crippen molar-refractivity contribution in [2.24, 2.45) is 5.92 Å². The average Bonchev–Trinajstić information content (AvgIpc) is 3.39. The Hall–Kier alpha value is -2.04. The monoisotopic (exact) mass is 345 g/mol. The molecule has 0 aliphatic heterocycles. The van der Waals surface area contributed by atoms with Crippen LogP contribution in [0.3, 0.4) is 0 Å². The van der Waals surface area contributed by atoms with Crippen LogP contribution in [-0.4, -0.2) is 26.2 Å². The first-order chi connectivity index (χ1) is 11.7. The van der Waals surface area contributed by atoms with Crippen molar-refractivity contribution >= 4 is 23.2 Å². The molecule has 2 aromatic carbocycles. The summed E-state index contributed by atoms with van der Waals surface area (Å²) in [5.41, 5.74) is 1.81. The fourth-order valence-corrected chi connectivity index (χ4v) is 2.91. The predicted molar refractivity (Wildman–Crippen MR) is 94.7 cm³/mol. The highest BCUT2D eigenvalue weighted by Gasteiger charge is 2.43. The van der Waals surface area contributed by atoms with Gasteiger partial charge in [-0.25, -0.2) is 0 Å². The van der Waals surface area contributed by atoms with E-state index < -0.39 is 0 Å². The fraction of sp³-hybridized carbons (Fsp3) is 0.316. The molecule has 1 aliphatic carbocycles. The lowest BCUT2D eigenvalue weighted by molar-refractivity contribution is -0.117. The number of hydrogen-bond donors (Lipinski definition) is 1. The molecule has 5 heteroatoms. The summed E-state index contributed by atoms with van der Waals surface area (Å²) in [6.07, 6.45) is 0.871. The van der Waals surface area contributed by atoms with Gasteiger partial charge in [-0.2, -0.15) is 0 Å². The summed E-state index contributed by atoms with van der Waals surface area (Å²) in [6, 6.07) is 15.3. The lowest BCUT2D eigenvalue weighted by Gasteiger charge is -2.13. The van der Waals surface area contributed by atoms with Crippen LogP contribution in [0.2, 0.25) is 5.02 Å². The largest absolute Gasteiger partial charge is 0.489 e. The molecule has 0 saturated heterocycles. The highest BCUT2D eigenvalue weighted by Crippen LogP contribution is 2.48. The molecular weight excluding hydrogens is 326 g/mol. The van der Waals surface area contributed by atoms with Gasteiger partial charge in [0.15, 0.2) is 0 Å². The average molecular weight is 346 g/mol. The Morgan fingerprint density at radius 2 is 2.00 bits per heavy atom. The van der Waals surface area contributed by atoms with Gasteiger partial charge in [0.25, 0.3) is 0 Å². The number of methoxy groups -OCH3 is 1. The molecular formula is C19H20ClNO3. The minimum atomic E-state index is -0.00166. The molecule has 3 rings (SSSR count). The first kappa shape index (κ1) is 16.8. The Kier molecular flexibility index (Phi) is 5.38. The summed E-state index contributed by atoms with van der Waals surface area (Å²) in [4.78, 5) is 12.5. The maximum absolute atomic E-state index is 12.5. The normalized spacial score (nSPS) is 18.9. The van der Waals surface area contributed by atoms with Crippen molar-refractivity contribution in [3.8, 4) is 5.75 Å². The zero-order valence-corrected chi connectivity index (χ0v) is 14.3. The van der Waals surface area contributed by atoms with Crippen molar-refractivity contribution in [2.75, 3.05) is 25.6 Å². The Balaban J connectivity index is 1.65. The van der Waals surface area contributed by atoms with E-state index in [0.717, 1.165) is 6.42 Å². The lowest BCUT2D eigenvalue weighted by Crippen LogP contribution is -2.16. The predicted octanol–water partition coefficient (Wildman–Crippen LogP) is 4.11. The van der Waals surface area contributed by atoms with Crippen LogP contribution in [0.1, 0.15) is 17.9 Å². The van der Waals surface area contributed by atoms with Gasteiger partial charge in [0.1, 0.15) is 12.4 Å². The van der Waals surface area contributed by atoms with E-state index in [2.05, 4.69) is 17.4 Å². The molecule has 126 valence electrons. The highest BCUT2D eigenvalue weighted by molar-refractivity contribution is 6.31. The smallest absolute Gasteiger partial charge is 0.228 e. The molecule has 24 heavy (non-hydrogen) atoms. The van der Waals surface area contributed by atoms with Crippen LogP contribution < -0.4 is 10.1 Å². The van der Waals surface area contributed by atoms with Gasteiger partial charge in [0, 0.05) is 18.1 Å². The van der Waals surface area contributed by atoms with Gasteiger partial charge in [0.05, 0.1) is 12.3 Å². The number of amides is 1. The second-order valence-electron chi connectivity index (χ2n) is 5.83. The van der Waals surface area contributed by atoms with Crippen LogP contribution in [0.5, 0.6) is 5.75 Å². The molecule has 2 unspecified atom stereocenters. The number of hydrogen-bond acceptors (Lipinski definition) is 3. The van der Waals surface area contributed by atoms with E-state index >= 15 is 0 Å². The third-order valence-corrected chi connectivity index (χ3v) is 4.33. The van der Waals surface area contributed by atoms with E-state index in [1.165, 1.54) is 5.56 Å². The summed E-state index contributed by atoms with van der Waals surface area (Å²) >= 11 is 6.05. The summed E-state index contributed by atoms with van der Waals surface area (Å²) in [7, 11) is 1.62. The molecule has 2 aromatic rings. The zero-order chi connectivity index (χ0) is 16.9. The Morgan fingerprint density at radius 3 is 2.75 bits per heavy atom. The summed E-state index contributed by atoms with van der Waals surface area (Å²) < 4.78 is 10.6. The number of rotatable bonds is 7. The number of carbonyl (C=O) groups excluding carboxylic acids is 1. The van der Waals surface area contributed by atoms with Crippen molar-refractivity contribution in [3.05, 3.63) is 59.1 Å². The maximum Gasteiger partial charge on any atom is 0.228 e. The second-order valence-corrected chi connectivity index (χ2v) is 6.27. The standard InChI is InChI=1S/C19H20ClNO3/c1-23-9-10-24-18-8-7-14(20)11-17(18)21-19(22)16-12-15(16)13-5-3-2-4-6-13/h2-8,11,15-16H,9-10,12H2,1H3,(H,21,22). The van der Waals surface area contributed by atoms with Crippen LogP contribution in [0, 0.1) is 5.92 Å². The van der Waals surface area contributed by atoms with Gasteiger partial charge < -0.3 is 14.8 Å². The van der Waals surface area contributed by atoms with E-state index in [4.69, 9.17) is 21.1 Å². The van der Waals surface area contributed by atoms with Gasteiger partial charge in [-0.15, -0.1) is 0 Å². The minimum absolute atomic E-state index is 0.00166. The topological polar surface area (TPSA) is 47.6 Å². The Bertz CT molecular complexity index is 705. The summed E-state index contributed by atoms with van der Waals surface area (Å²) in [5, 5.41) is 3.51. The Labute approximate surface area is 146 Å². The van der Waals surface area contributed by atoms with Crippen molar-refractivity contribution in [3.63, 3.8) is 0 Å². The molecule has 0 heterocycles. The molecule has 4 nitrogen and oxygen atoms in total. The first-order valence-corrected chi connectivity index (χ1v) is 8.34. The van der Waals surface area contributed by atoms with E-state index in [1.54, 1.807) is 25.3 Å². The first-order valence-electron chi connectivity index (χ1n) is 7.96. The molecule has 1 N–H and O–H groups in total. The summed E-state index contributed by atoms with van der Waals surface area (Å²) in [6.45, 7) is 0.895. The van der Waals surface area contributed by atoms with Crippen molar-refractivity contribution < 1.29 is 14.3 Å². The third kappa shape index (κ3) is 4.08. The fourth-order valence-electron chi connectivity index (χ4n) is 2.74. The van der Waals surface area contributed by atoms with E-state index in [-0.39, 0.29) is 11.8 Å². The SMILES string of the molecule is COCCOc1ccc(Cl)cc1NC(=O)C1CC1c1ccccc1. The summed E-state index contributed by atoms with van der Waals surface area (Å²) in [5.74, 6) is 0.894. The number of carbonyl (C=O) groups is 1. The van der Waals surface area contributed by atoms with Crippen LogP contribution in [0.4, 0.5) is 5.69 Å². The van der Waals surface area contributed by atoms with Crippen molar-refractivity contribution in [2.45, 2.75) is 12.3 Å². The molecule has 1 fully saturated rings. The molecule has 1 aliphatic rings. The lowest BCUT2D eigenvalue weighted by atomic mass is 10.1. The molecule has 0 aromatic heterocycles. The third-order valence-electron chi connectivity index (χ3n) is 4.10. The van der Waals surface area contributed by atoms with Gasteiger partial charge in [-0.3, -0.25) is 4.79 Å². The number of anilines is 1. The zero-order valence-electron chi connectivity index (χ0n) is 13.5. The van der Waals surface area contributed by atoms with Crippen molar-refractivity contribution in [1.29, 1.82) is 0 Å². The quantitative estimate of drug-likeness (QED) is 0.768. The van der Waals surface area contributed by atoms with Gasteiger partial charge in [0.2, 0.25) is 5.91 Å².